The van der Waals surface area contributed by atoms with E-state index in [1.54, 1.807) is 19.3 Å². The number of benzene rings is 1. The van der Waals surface area contributed by atoms with Crippen LogP contribution in [0.1, 0.15) is 18.1 Å². The maximum Gasteiger partial charge on any atom is 0.344 e. The number of fused-ring (bicyclic) bond motifs is 1. The molecule has 2 heterocycles. The van der Waals surface area contributed by atoms with Gasteiger partial charge in [0.15, 0.2) is 6.61 Å². The fourth-order valence-electron chi connectivity index (χ4n) is 3.64. The summed E-state index contributed by atoms with van der Waals surface area (Å²) in [5.74, 6) is -0.989. The Balaban J connectivity index is 1.48. The number of aromatic nitrogens is 4. The minimum atomic E-state index is -1.05. The van der Waals surface area contributed by atoms with Crippen molar-refractivity contribution >= 4 is 17.9 Å². The van der Waals surface area contributed by atoms with Crippen molar-refractivity contribution < 1.29 is 24.2 Å². The van der Waals surface area contributed by atoms with Crippen LogP contribution in [-0.4, -0.2) is 56.0 Å². The number of nitrogens with one attached hydrogen (secondary N) is 1. The molecule has 2 N–H and O–H groups in total. The summed E-state index contributed by atoms with van der Waals surface area (Å²) in [6.45, 7) is 1.24. The molecule has 0 aliphatic heterocycles. The molecule has 1 aliphatic rings. The summed E-state index contributed by atoms with van der Waals surface area (Å²) in [7, 11) is 0. The highest BCUT2D eigenvalue weighted by Crippen LogP contribution is 2.29. The maximum atomic E-state index is 11.6. The van der Waals surface area contributed by atoms with Crippen LogP contribution >= 0.6 is 0 Å². The molecule has 0 amide bonds. The SMILES string of the molecule is CCOC(=O)COc1nn(CC(=O)O)cc1-c1cnc(NC2Cc3ccccc3C2)nc1. The van der Waals surface area contributed by atoms with Crippen molar-refractivity contribution in [3.05, 3.63) is 54.0 Å². The molecule has 0 spiro atoms. The summed E-state index contributed by atoms with van der Waals surface area (Å²) < 4.78 is 11.6. The average Bonchev–Trinajstić information content (AvgIpc) is 3.36. The molecule has 0 atom stereocenters. The van der Waals surface area contributed by atoms with Crippen molar-refractivity contribution in [2.24, 2.45) is 0 Å². The molecule has 0 radical (unpaired) electrons. The molecular formula is C22H23N5O5. The van der Waals surface area contributed by atoms with Crippen molar-refractivity contribution in [2.75, 3.05) is 18.5 Å². The van der Waals surface area contributed by atoms with Crippen molar-refractivity contribution in [3.8, 4) is 17.0 Å². The first kappa shape index (κ1) is 21.3. The zero-order valence-corrected chi connectivity index (χ0v) is 17.5. The van der Waals surface area contributed by atoms with Gasteiger partial charge in [0, 0.05) is 30.2 Å². The van der Waals surface area contributed by atoms with E-state index in [0.717, 1.165) is 12.8 Å². The van der Waals surface area contributed by atoms with E-state index in [1.807, 2.05) is 12.1 Å². The van der Waals surface area contributed by atoms with Crippen LogP contribution in [-0.2, 0) is 33.7 Å². The van der Waals surface area contributed by atoms with Gasteiger partial charge in [0.05, 0.1) is 12.2 Å². The van der Waals surface area contributed by atoms with Gasteiger partial charge in [-0.25, -0.2) is 14.8 Å². The highest BCUT2D eigenvalue weighted by Gasteiger charge is 2.22. The molecule has 1 aliphatic carbocycles. The monoisotopic (exact) mass is 437 g/mol. The molecule has 0 fully saturated rings. The predicted molar refractivity (Wildman–Crippen MR) is 114 cm³/mol. The lowest BCUT2D eigenvalue weighted by Gasteiger charge is -2.12. The van der Waals surface area contributed by atoms with E-state index in [0.29, 0.717) is 17.1 Å². The molecule has 0 saturated carbocycles. The lowest BCUT2D eigenvalue weighted by atomic mass is 10.1. The number of aliphatic carboxylic acids is 1. The number of anilines is 1. The van der Waals surface area contributed by atoms with E-state index in [4.69, 9.17) is 14.6 Å². The van der Waals surface area contributed by atoms with Crippen molar-refractivity contribution in [2.45, 2.75) is 32.4 Å². The number of ether oxygens (including phenoxy) is 2. The number of carbonyl (C=O) groups excluding carboxylic acids is 1. The molecule has 0 unspecified atom stereocenters. The second-order valence-corrected chi connectivity index (χ2v) is 7.35. The van der Waals surface area contributed by atoms with Gasteiger partial charge in [-0.05, 0) is 30.9 Å². The molecule has 4 rings (SSSR count). The average molecular weight is 437 g/mol. The molecule has 0 bridgehead atoms. The third kappa shape index (κ3) is 5.02. The number of hydrogen-bond donors (Lipinski definition) is 2. The standard InChI is InChI=1S/C22H23N5O5/c1-2-31-20(30)13-32-21-18(11-27(26-21)12-19(28)29)16-9-23-22(24-10-16)25-17-7-14-5-3-4-6-15(14)8-17/h3-6,9-11,17H,2,7-8,12-13H2,1H3,(H,28,29)(H,23,24,25). The van der Waals surface area contributed by atoms with Crippen LogP contribution in [0.2, 0.25) is 0 Å². The molecule has 10 heteroatoms. The Kier molecular flexibility index (Phi) is 6.29. The van der Waals surface area contributed by atoms with Crippen LogP contribution in [0.25, 0.3) is 11.1 Å². The minimum absolute atomic E-state index is 0.106. The topological polar surface area (TPSA) is 128 Å². The number of carboxylic acid groups (broad SMARTS) is 1. The van der Waals surface area contributed by atoms with Crippen molar-refractivity contribution in [3.63, 3.8) is 0 Å². The van der Waals surface area contributed by atoms with Gasteiger partial charge in [0.1, 0.15) is 6.54 Å². The Morgan fingerprint density at radius 1 is 1.19 bits per heavy atom. The maximum absolute atomic E-state index is 11.6. The predicted octanol–water partition coefficient (Wildman–Crippen LogP) is 1.95. The molecule has 166 valence electrons. The molecule has 0 saturated heterocycles. The van der Waals surface area contributed by atoms with E-state index in [9.17, 15) is 9.59 Å². The Bertz CT molecular complexity index is 1090. The summed E-state index contributed by atoms with van der Waals surface area (Å²) in [6, 6.07) is 8.57. The number of esters is 1. The van der Waals surface area contributed by atoms with Crippen LogP contribution in [0.15, 0.2) is 42.9 Å². The van der Waals surface area contributed by atoms with Gasteiger partial charge in [-0.2, -0.15) is 0 Å². The van der Waals surface area contributed by atoms with Crippen LogP contribution in [0, 0.1) is 0 Å². The minimum Gasteiger partial charge on any atom is -0.480 e. The first-order valence-corrected chi connectivity index (χ1v) is 10.2. The Morgan fingerprint density at radius 3 is 2.50 bits per heavy atom. The van der Waals surface area contributed by atoms with Gasteiger partial charge < -0.3 is 19.9 Å². The van der Waals surface area contributed by atoms with Crippen molar-refractivity contribution in [1.29, 1.82) is 0 Å². The highest BCUT2D eigenvalue weighted by molar-refractivity contribution is 5.72. The largest absolute Gasteiger partial charge is 0.480 e. The van der Waals surface area contributed by atoms with Gasteiger partial charge >= 0.3 is 11.9 Å². The fourth-order valence-corrected chi connectivity index (χ4v) is 3.64. The van der Waals surface area contributed by atoms with Crippen LogP contribution in [0.5, 0.6) is 5.88 Å². The van der Waals surface area contributed by atoms with E-state index < -0.39 is 11.9 Å². The molecule has 2 aromatic heterocycles. The van der Waals surface area contributed by atoms with E-state index in [-0.39, 0.29) is 31.7 Å². The quantitative estimate of drug-likeness (QED) is 0.483. The smallest absolute Gasteiger partial charge is 0.344 e. The summed E-state index contributed by atoms with van der Waals surface area (Å²) in [5, 5.41) is 16.5. The third-order valence-corrected chi connectivity index (χ3v) is 5.00. The number of hydrogen-bond acceptors (Lipinski definition) is 8. The van der Waals surface area contributed by atoms with Crippen LogP contribution in [0.3, 0.4) is 0 Å². The lowest BCUT2D eigenvalue weighted by Crippen LogP contribution is -2.20. The van der Waals surface area contributed by atoms with Crippen molar-refractivity contribution in [1.82, 2.24) is 19.7 Å². The summed E-state index contributed by atoms with van der Waals surface area (Å²) in [6.07, 6.45) is 6.56. The molecular weight excluding hydrogens is 414 g/mol. The van der Waals surface area contributed by atoms with E-state index >= 15 is 0 Å². The molecule has 10 nitrogen and oxygen atoms in total. The Hall–Kier alpha value is -3.95. The Morgan fingerprint density at radius 2 is 1.88 bits per heavy atom. The van der Waals surface area contributed by atoms with Gasteiger partial charge in [-0.3, -0.25) is 9.48 Å². The normalized spacial score (nSPS) is 12.9. The highest BCUT2D eigenvalue weighted by atomic mass is 16.6. The van der Waals surface area contributed by atoms with Crippen LogP contribution in [0.4, 0.5) is 5.95 Å². The number of carbonyl (C=O) groups is 2. The third-order valence-electron chi connectivity index (χ3n) is 5.00. The zero-order chi connectivity index (χ0) is 22.5. The van der Waals surface area contributed by atoms with Gasteiger partial charge in [0.25, 0.3) is 0 Å². The summed E-state index contributed by atoms with van der Waals surface area (Å²) in [5.41, 5.74) is 3.72. The van der Waals surface area contributed by atoms with Crippen LogP contribution < -0.4 is 10.1 Å². The summed E-state index contributed by atoms with van der Waals surface area (Å²) in [4.78, 5) is 31.5. The molecule has 1 aromatic carbocycles. The zero-order valence-electron chi connectivity index (χ0n) is 17.5. The molecule has 32 heavy (non-hydrogen) atoms. The lowest BCUT2D eigenvalue weighted by molar-refractivity contribution is -0.145. The van der Waals surface area contributed by atoms with Gasteiger partial charge in [-0.1, -0.05) is 24.3 Å². The first-order chi connectivity index (χ1) is 15.5. The Labute approximate surface area is 184 Å². The number of nitrogens with zero attached hydrogens (tertiary/aromatic N) is 4. The fraction of sp³-hybridized carbons (Fsp3) is 0.318. The second-order valence-electron chi connectivity index (χ2n) is 7.35. The number of carboxylic acids is 1. The number of rotatable bonds is 9. The first-order valence-electron chi connectivity index (χ1n) is 10.2. The van der Waals surface area contributed by atoms with Gasteiger partial charge in [0.2, 0.25) is 11.8 Å². The van der Waals surface area contributed by atoms with E-state index in [2.05, 4.69) is 32.5 Å². The van der Waals surface area contributed by atoms with E-state index in [1.165, 1.54) is 22.0 Å². The second kappa shape index (κ2) is 9.46. The molecule has 3 aromatic rings. The summed E-state index contributed by atoms with van der Waals surface area (Å²) >= 11 is 0. The van der Waals surface area contributed by atoms with Gasteiger partial charge in [-0.15, -0.1) is 5.10 Å².